The van der Waals surface area contributed by atoms with Crippen molar-refractivity contribution in [3.8, 4) is 0 Å². The summed E-state index contributed by atoms with van der Waals surface area (Å²) in [5.41, 5.74) is 1.40. The summed E-state index contributed by atoms with van der Waals surface area (Å²) in [5, 5.41) is 3.50. The van der Waals surface area contributed by atoms with Crippen LogP contribution in [0.1, 0.15) is 46.6 Å². The molecule has 0 amide bonds. The molecular formula is C17H29N3. The van der Waals surface area contributed by atoms with Crippen molar-refractivity contribution in [3.05, 3.63) is 23.9 Å². The topological polar surface area (TPSA) is 28.2 Å². The lowest BCUT2D eigenvalue weighted by Crippen LogP contribution is -2.39. The van der Waals surface area contributed by atoms with E-state index in [-0.39, 0.29) is 5.54 Å². The molecule has 1 aliphatic heterocycles. The zero-order valence-corrected chi connectivity index (χ0v) is 13.6. The van der Waals surface area contributed by atoms with E-state index in [1.165, 1.54) is 12.0 Å². The van der Waals surface area contributed by atoms with Crippen LogP contribution >= 0.6 is 0 Å². The quantitative estimate of drug-likeness (QED) is 0.916. The van der Waals surface area contributed by atoms with Crippen molar-refractivity contribution >= 4 is 5.82 Å². The Morgan fingerprint density at radius 2 is 1.85 bits per heavy atom. The van der Waals surface area contributed by atoms with Gasteiger partial charge in [0.05, 0.1) is 0 Å². The van der Waals surface area contributed by atoms with Gasteiger partial charge in [0.15, 0.2) is 0 Å². The molecule has 1 aliphatic rings. The molecule has 0 radical (unpaired) electrons. The van der Waals surface area contributed by atoms with E-state index in [9.17, 15) is 0 Å². The van der Waals surface area contributed by atoms with E-state index in [1.807, 2.05) is 6.20 Å². The first-order valence-electron chi connectivity index (χ1n) is 7.78. The molecule has 2 atom stereocenters. The third-order valence-electron chi connectivity index (χ3n) is 3.82. The summed E-state index contributed by atoms with van der Waals surface area (Å²) < 4.78 is 0. The monoisotopic (exact) mass is 275 g/mol. The van der Waals surface area contributed by atoms with Crippen molar-refractivity contribution in [2.24, 2.45) is 11.8 Å². The van der Waals surface area contributed by atoms with E-state index in [1.54, 1.807) is 0 Å². The number of nitrogens with zero attached hydrogens (tertiary/aromatic N) is 2. The first kappa shape index (κ1) is 15.3. The second kappa shape index (κ2) is 6.13. The van der Waals surface area contributed by atoms with Crippen LogP contribution in [0.4, 0.5) is 5.82 Å². The van der Waals surface area contributed by atoms with Crippen molar-refractivity contribution < 1.29 is 0 Å². The lowest BCUT2D eigenvalue weighted by Gasteiger charge is -2.35. The van der Waals surface area contributed by atoms with Crippen LogP contribution in [0.2, 0.25) is 0 Å². The van der Waals surface area contributed by atoms with Gasteiger partial charge in [0, 0.05) is 31.4 Å². The van der Waals surface area contributed by atoms with Gasteiger partial charge in [-0.1, -0.05) is 19.9 Å². The minimum atomic E-state index is 0.149. The molecule has 1 N–H and O–H groups in total. The average molecular weight is 275 g/mol. The maximum atomic E-state index is 4.66. The summed E-state index contributed by atoms with van der Waals surface area (Å²) in [5.74, 6) is 2.66. The van der Waals surface area contributed by atoms with Gasteiger partial charge in [-0.05, 0) is 50.7 Å². The van der Waals surface area contributed by atoms with Gasteiger partial charge in [0.1, 0.15) is 5.82 Å². The van der Waals surface area contributed by atoms with E-state index >= 15 is 0 Å². The Hall–Kier alpha value is -1.09. The maximum absolute atomic E-state index is 4.66. The molecule has 2 rings (SSSR count). The Kier molecular flexibility index (Phi) is 4.69. The summed E-state index contributed by atoms with van der Waals surface area (Å²) >= 11 is 0. The third kappa shape index (κ3) is 4.48. The molecule has 1 aromatic heterocycles. The zero-order chi connectivity index (χ0) is 14.8. The van der Waals surface area contributed by atoms with Crippen molar-refractivity contribution in [2.45, 2.75) is 53.1 Å². The minimum absolute atomic E-state index is 0.149. The molecule has 1 saturated heterocycles. The Labute approximate surface area is 123 Å². The number of piperidine rings is 1. The highest BCUT2D eigenvalue weighted by Gasteiger charge is 2.22. The number of aromatic nitrogens is 1. The zero-order valence-electron chi connectivity index (χ0n) is 13.6. The highest BCUT2D eigenvalue weighted by Crippen LogP contribution is 2.24. The number of hydrogen-bond acceptors (Lipinski definition) is 3. The first-order chi connectivity index (χ1) is 9.33. The van der Waals surface area contributed by atoms with Gasteiger partial charge in [-0.15, -0.1) is 0 Å². The molecule has 0 saturated carbocycles. The Morgan fingerprint density at radius 3 is 2.35 bits per heavy atom. The smallest absolute Gasteiger partial charge is 0.128 e. The van der Waals surface area contributed by atoms with Gasteiger partial charge in [0.25, 0.3) is 0 Å². The van der Waals surface area contributed by atoms with Crippen LogP contribution in [0.15, 0.2) is 18.3 Å². The summed E-state index contributed by atoms with van der Waals surface area (Å²) in [6.07, 6.45) is 3.35. The van der Waals surface area contributed by atoms with E-state index in [2.05, 4.69) is 62.0 Å². The third-order valence-corrected chi connectivity index (χ3v) is 3.82. The van der Waals surface area contributed by atoms with Gasteiger partial charge >= 0.3 is 0 Å². The van der Waals surface area contributed by atoms with Crippen molar-refractivity contribution in [1.82, 2.24) is 10.3 Å². The lowest BCUT2D eigenvalue weighted by molar-refractivity contribution is 0.355. The number of hydrogen-bond donors (Lipinski definition) is 1. The average Bonchev–Trinajstić information content (AvgIpc) is 2.35. The van der Waals surface area contributed by atoms with Gasteiger partial charge in [-0.25, -0.2) is 4.98 Å². The van der Waals surface area contributed by atoms with Gasteiger partial charge < -0.3 is 10.2 Å². The maximum Gasteiger partial charge on any atom is 0.128 e. The SMILES string of the molecule is CC1CC(C)CN(c2ccc(CNC(C)(C)C)cn2)C1. The predicted molar refractivity (Wildman–Crippen MR) is 86.0 cm³/mol. The fraction of sp³-hybridized carbons (Fsp3) is 0.706. The number of pyridine rings is 1. The highest BCUT2D eigenvalue weighted by molar-refractivity contribution is 5.40. The summed E-state index contributed by atoms with van der Waals surface area (Å²) in [6, 6.07) is 4.37. The molecule has 20 heavy (non-hydrogen) atoms. The number of nitrogens with one attached hydrogen (secondary N) is 1. The van der Waals surface area contributed by atoms with Crippen LogP contribution in [-0.2, 0) is 6.54 Å². The fourth-order valence-electron chi connectivity index (χ4n) is 2.93. The van der Waals surface area contributed by atoms with E-state index in [0.29, 0.717) is 0 Å². The normalized spacial score (nSPS) is 23.9. The van der Waals surface area contributed by atoms with Crippen LogP contribution in [0.3, 0.4) is 0 Å². The minimum Gasteiger partial charge on any atom is -0.356 e. The molecule has 2 heterocycles. The Balaban J connectivity index is 1.97. The summed E-state index contributed by atoms with van der Waals surface area (Å²) in [4.78, 5) is 7.09. The molecule has 1 aromatic rings. The summed E-state index contributed by atoms with van der Waals surface area (Å²) in [6.45, 7) is 14.4. The van der Waals surface area contributed by atoms with E-state index < -0.39 is 0 Å². The molecule has 0 aromatic carbocycles. The molecular weight excluding hydrogens is 246 g/mol. The molecule has 112 valence electrons. The van der Waals surface area contributed by atoms with E-state index in [0.717, 1.165) is 37.3 Å². The fourth-order valence-corrected chi connectivity index (χ4v) is 2.93. The van der Waals surface area contributed by atoms with Gasteiger partial charge in [-0.2, -0.15) is 0 Å². The van der Waals surface area contributed by atoms with Crippen LogP contribution < -0.4 is 10.2 Å². The standard InChI is InChI=1S/C17H29N3/c1-13-8-14(2)12-20(11-13)16-7-6-15(9-18-16)10-19-17(3,4)5/h6-7,9,13-14,19H,8,10-12H2,1-5H3. The molecule has 1 fully saturated rings. The van der Waals surface area contributed by atoms with Gasteiger partial charge in [0.2, 0.25) is 0 Å². The molecule has 3 heteroatoms. The predicted octanol–water partition coefficient (Wildman–Crippen LogP) is 3.45. The second-order valence-electron chi connectivity index (χ2n) is 7.48. The number of rotatable bonds is 3. The first-order valence-corrected chi connectivity index (χ1v) is 7.78. The molecule has 2 unspecified atom stereocenters. The van der Waals surface area contributed by atoms with Crippen LogP contribution in [-0.4, -0.2) is 23.6 Å². The Bertz CT molecular complexity index is 409. The molecule has 0 aliphatic carbocycles. The van der Waals surface area contributed by atoms with Crippen molar-refractivity contribution in [2.75, 3.05) is 18.0 Å². The molecule has 0 bridgehead atoms. The Morgan fingerprint density at radius 1 is 1.20 bits per heavy atom. The van der Waals surface area contributed by atoms with Crippen molar-refractivity contribution in [3.63, 3.8) is 0 Å². The van der Waals surface area contributed by atoms with Crippen molar-refractivity contribution in [1.29, 1.82) is 0 Å². The summed E-state index contributed by atoms with van der Waals surface area (Å²) in [7, 11) is 0. The van der Waals surface area contributed by atoms with Crippen LogP contribution in [0, 0.1) is 11.8 Å². The van der Waals surface area contributed by atoms with Crippen LogP contribution in [0.5, 0.6) is 0 Å². The number of anilines is 1. The molecule has 3 nitrogen and oxygen atoms in total. The molecule has 0 spiro atoms. The second-order valence-corrected chi connectivity index (χ2v) is 7.48. The lowest BCUT2D eigenvalue weighted by atomic mass is 9.92. The van der Waals surface area contributed by atoms with Crippen LogP contribution in [0.25, 0.3) is 0 Å². The highest BCUT2D eigenvalue weighted by atomic mass is 15.2. The van der Waals surface area contributed by atoms with Gasteiger partial charge in [-0.3, -0.25) is 0 Å². The largest absolute Gasteiger partial charge is 0.356 e. The van der Waals surface area contributed by atoms with E-state index in [4.69, 9.17) is 0 Å².